The third-order valence-electron chi connectivity index (χ3n) is 1.88. The molecule has 0 heterocycles. The number of hydrogen-bond donors (Lipinski definition) is 3. The molecule has 0 aliphatic carbocycles. The number of phenols is 1. The fraction of sp³-hybridized carbons (Fsp3) is 0.333. The molecule has 3 nitrogen and oxygen atoms in total. The van der Waals surface area contributed by atoms with Crippen LogP contribution in [0.5, 0.6) is 5.75 Å². The van der Waals surface area contributed by atoms with E-state index in [0.717, 1.165) is 9.13 Å². The molecule has 1 aromatic carbocycles. The van der Waals surface area contributed by atoms with Crippen LogP contribution in [0, 0.1) is 3.57 Å². The molecule has 1 rings (SSSR count). The van der Waals surface area contributed by atoms with Crippen molar-refractivity contribution >= 4 is 22.6 Å². The van der Waals surface area contributed by atoms with Crippen molar-refractivity contribution in [3.05, 3.63) is 27.3 Å². The molecular formula is C9H12INO2. The molecule has 2 atom stereocenters. The summed E-state index contributed by atoms with van der Waals surface area (Å²) in [6, 6.07) is 4.68. The number of halogens is 1. The topological polar surface area (TPSA) is 66.5 Å². The summed E-state index contributed by atoms with van der Waals surface area (Å²) in [5.74, 6) is 0.238. The highest BCUT2D eigenvalue weighted by Crippen LogP contribution is 2.23. The lowest BCUT2D eigenvalue weighted by Crippen LogP contribution is -2.23. The second-order valence-corrected chi connectivity index (χ2v) is 4.14. The number of benzene rings is 1. The average Bonchev–Trinajstić information content (AvgIpc) is 2.08. The van der Waals surface area contributed by atoms with Gasteiger partial charge >= 0.3 is 0 Å². The summed E-state index contributed by atoms with van der Waals surface area (Å²) < 4.78 is 0.742. The number of hydrogen-bond acceptors (Lipinski definition) is 3. The Hall–Kier alpha value is -0.330. The van der Waals surface area contributed by atoms with Crippen LogP contribution in [-0.4, -0.2) is 16.3 Å². The molecule has 0 fully saturated rings. The smallest absolute Gasteiger partial charge is 0.128 e. The van der Waals surface area contributed by atoms with Gasteiger partial charge in [0.15, 0.2) is 0 Å². The maximum atomic E-state index is 9.25. The van der Waals surface area contributed by atoms with E-state index in [9.17, 15) is 10.2 Å². The third-order valence-corrected chi connectivity index (χ3v) is 2.74. The van der Waals surface area contributed by atoms with Gasteiger partial charge in [-0.05, 0) is 47.2 Å². The van der Waals surface area contributed by atoms with Crippen LogP contribution in [0.15, 0.2) is 18.2 Å². The van der Waals surface area contributed by atoms with Gasteiger partial charge < -0.3 is 15.9 Å². The van der Waals surface area contributed by atoms with Crippen molar-refractivity contribution in [2.24, 2.45) is 5.73 Å². The molecule has 0 amide bonds. The Kier molecular flexibility index (Phi) is 3.52. The number of aromatic hydroxyl groups is 1. The highest BCUT2D eigenvalue weighted by atomic mass is 127. The van der Waals surface area contributed by atoms with E-state index in [4.69, 9.17) is 5.73 Å². The molecule has 0 saturated heterocycles. The van der Waals surface area contributed by atoms with Crippen molar-refractivity contribution in [3.63, 3.8) is 0 Å². The number of aliphatic hydroxyl groups is 1. The SMILES string of the molecule is CC(O)[C@@H](N)c1ccc(O)c(I)c1. The van der Waals surface area contributed by atoms with E-state index in [1.807, 2.05) is 22.6 Å². The fourth-order valence-electron chi connectivity index (χ4n) is 1.01. The monoisotopic (exact) mass is 293 g/mol. The first-order valence-corrected chi connectivity index (χ1v) is 5.02. The molecule has 0 bridgehead atoms. The first kappa shape index (κ1) is 10.7. The molecule has 1 aromatic rings. The molecule has 0 saturated carbocycles. The maximum Gasteiger partial charge on any atom is 0.128 e. The summed E-state index contributed by atoms with van der Waals surface area (Å²) in [6.45, 7) is 1.64. The molecule has 13 heavy (non-hydrogen) atoms. The lowest BCUT2D eigenvalue weighted by atomic mass is 10.0. The van der Waals surface area contributed by atoms with E-state index in [-0.39, 0.29) is 5.75 Å². The first-order valence-electron chi connectivity index (χ1n) is 3.94. The van der Waals surface area contributed by atoms with Crippen LogP contribution in [0.2, 0.25) is 0 Å². The molecular weight excluding hydrogens is 281 g/mol. The summed E-state index contributed by atoms with van der Waals surface area (Å²) in [5, 5.41) is 18.5. The van der Waals surface area contributed by atoms with E-state index < -0.39 is 12.1 Å². The lowest BCUT2D eigenvalue weighted by Gasteiger charge is -2.15. The summed E-state index contributed by atoms with van der Waals surface area (Å²) in [6.07, 6.45) is -0.583. The minimum Gasteiger partial charge on any atom is -0.507 e. The van der Waals surface area contributed by atoms with Gasteiger partial charge in [0.1, 0.15) is 5.75 Å². The van der Waals surface area contributed by atoms with Gasteiger partial charge in [-0.25, -0.2) is 0 Å². The quantitative estimate of drug-likeness (QED) is 0.722. The summed E-state index contributed by atoms with van der Waals surface area (Å²) >= 11 is 2.02. The lowest BCUT2D eigenvalue weighted by molar-refractivity contribution is 0.164. The largest absolute Gasteiger partial charge is 0.507 e. The Morgan fingerprint density at radius 3 is 2.54 bits per heavy atom. The van der Waals surface area contributed by atoms with E-state index in [1.54, 1.807) is 25.1 Å². The molecule has 0 aliphatic rings. The Morgan fingerprint density at radius 1 is 1.46 bits per heavy atom. The van der Waals surface area contributed by atoms with Gasteiger partial charge in [0.25, 0.3) is 0 Å². The van der Waals surface area contributed by atoms with Crippen LogP contribution < -0.4 is 5.73 Å². The Labute approximate surface area is 90.7 Å². The van der Waals surface area contributed by atoms with Gasteiger partial charge in [0, 0.05) is 0 Å². The van der Waals surface area contributed by atoms with Crippen molar-refractivity contribution in [1.29, 1.82) is 0 Å². The molecule has 4 heteroatoms. The number of rotatable bonds is 2. The second kappa shape index (κ2) is 4.26. The summed E-state index contributed by atoms with van der Waals surface area (Å²) in [7, 11) is 0. The summed E-state index contributed by atoms with van der Waals surface area (Å²) in [4.78, 5) is 0. The average molecular weight is 293 g/mol. The van der Waals surface area contributed by atoms with E-state index in [2.05, 4.69) is 0 Å². The zero-order chi connectivity index (χ0) is 10.0. The third kappa shape index (κ3) is 2.55. The summed E-state index contributed by atoms with van der Waals surface area (Å²) in [5.41, 5.74) is 6.55. The van der Waals surface area contributed by atoms with Gasteiger partial charge in [-0.2, -0.15) is 0 Å². The minimum absolute atomic E-state index is 0.238. The van der Waals surface area contributed by atoms with Crippen molar-refractivity contribution in [2.75, 3.05) is 0 Å². The van der Waals surface area contributed by atoms with E-state index >= 15 is 0 Å². The van der Waals surface area contributed by atoms with E-state index in [0.29, 0.717) is 0 Å². The highest BCUT2D eigenvalue weighted by molar-refractivity contribution is 14.1. The maximum absolute atomic E-state index is 9.25. The number of phenolic OH excluding ortho intramolecular Hbond substituents is 1. The molecule has 0 aliphatic heterocycles. The van der Waals surface area contributed by atoms with Crippen LogP contribution in [0.25, 0.3) is 0 Å². The van der Waals surface area contributed by atoms with Gasteiger partial charge in [0.05, 0.1) is 15.7 Å². The van der Waals surface area contributed by atoms with Crippen LogP contribution >= 0.6 is 22.6 Å². The zero-order valence-corrected chi connectivity index (χ0v) is 9.39. The predicted octanol–water partition coefficient (Wildman–Crippen LogP) is 1.38. The highest BCUT2D eigenvalue weighted by Gasteiger charge is 2.12. The first-order chi connectivity index (χ1) is 6.02. The minimum atomic E-state index is -0.583. The second-order valence-electron chi connectivity index (χ2n) is 2.98. The van der Waals surface area contributed by atoms with E-state index in [1.165, 1.54) is 0 Å². The van der Waals surface area contributed by atoms with Crippen molar-refractivity contribution < 1.29 is 10.2 Å². The van der Waals surface area contributed by atoms with Gasteiger partial charge in [-0.3, -0.25) is 0 Å². The number of nitrogens with two attached hydrogens (primary N) is 1. The predicted molar refractivity (Wildman–Crippen MR) is 59.4 cm³/mol. The Morgan fingerprint density at radius 2 is 2.08 bits per heavy atom. The normalized spacial score (nSPS) is 15.4. The number of aliphatic hydroxyl groups excluding tert-OH is 1. The molecule has 1 unspecified atom stereocenters. The van der Waals surface area contributed by atoms with Gasteiger partial charge in [-0.15, -0.1) is 0 Å². The Bertz CT molecular complexity index is 302. The zero-order valence-electron chi connectivity index (χ0n) is 7.24. The standard InChI is InChI=1S/C9H12INO2/c1-5(12)9(11)6-2-3-8(13)7(10)4-6/h2-5,9,12-13H,11H2,1H3/t5?,9-/m1/s1. The molecule has 0 radical (unpaired) electrons. The van der Waals surface area contributed by atoms with Gasteiger partial charge in [0.2, 0.25) is 0 Å². The molecule has 4 N–H and O–H groups in total. The van der Waals surface area contributed by atoms with Crippen LogP contribution in [-0.2, 0) is 0 Å². The molecule has 0 spiro atoms. The van der Waals surface area contributed by atoms with Crippen LogP contribution in [0.3, 0.4) is 0 Å². The van der Waals surface area contributed by atoms with Crippen LogP contribution in [0.4, 0.5) is 0 Å². The molecule has 72 valence electrons. The molecule has 0 aromatic heterocycles. The van der Waals surface area contributed by atoms with Crippen LogP contribution in [0.1, 0.15) is 18.5 Å². The van der Waals surface area contributed by atoms with Crippen molar-refractivity contribution in [3.8, 4) is 5.75 Å². The van der Waals surface area contributed by atoms with Crippen molar-refractivity contribution in [1.82, 2.24) is 0 Å². The van der Waals surface area contributed by atoms with Gasteiger partial charge in [-0.1, -0.05) is 6.07 Å². The Balaban J connectivity index is 2.97. The fourth-order valence-corrected chi connectivity index (χ4v) is 1.55. The van der Waals surface area contributed by atoms with Crippen molar-refractivity contribution in [2.45, 2.75) is 19.1 Å².